The summed E-state index contributed by atoms with van der Waals surface area (Å²) in [6.45, 7) is 3.94. The Kier molecular flexibility index (Phi) is 4.67. The minimum Gasteiger partial charge on any atom is -0.489 e. The molecule has 1 heterocycles. The Balaban J connectivity index is 1.73. The van der Waals surface area contributed by atoms with Crippen LogP contribution in [0.2, 0.25) is 5.02 Å². The number of halogens is 1. The second-order valence-corrected chi connectivity index (χ2v) is 6.59. The van der Waals surface area contributed by atoms with Gasteiger partial charge in [0.2, 0.25) is 11.7 Å². The molecule has 0 unspecified atom stereocenters. The van der Waals surface area contributed by atoms with Gasteiger partial charge in [0, 0.05) is 12.0 Å². The van der Waals surface area contributed by atoms with Crippen molar-refractivity contribution in [3.05, 3.63) is 29.1 Å². The standard InChI is InChI=1S/C17H21ClN2O2/c1-11(2)21-15-8-7-13(10-14(15)18)17-19-16(22-20-17)9-12-5-3-4-6-12/h7-8,10-12H,3-6,9H2,1-2H3. The fourth-order valence-electron chi connectivity index (χ4n) is 2.91. The Morgan fingerprint density at radius 2 is 2.09 bits per heavy atom. The average Bonchev–Trinajstić information content (AvgIpc) is 3.13. The smallest absolute Gasteiger partial charge is 0.227 e. The third-order valence-electron chi connectivity index (χ3n) is 3.96. The van der Waals surface area contributed by atoms with Gasteiger partial charge in [0.15, 0.2) is 0 Å². The second kappa shape index (κ2) is 6.69. The molecule has 4 nitrogen and oxygen atoms in total. The Labute approximate surface area is 135 Å². The number of hydrogen-bond acceptors (Lipinski definition) is 4. The van der Waals surface area contributed by atoms with Gasteiger partial charge in [-0.1, -0.05) is 29.6 Å². The molecule has 5 heteroatoms. The predicted octanol–water partition coefficient (Wildman–Crippen LogP) is 4.91. The van der Waals surface area contributed by atoms with Crippen LogP contribution >= 0.6 is 11.6 Å². The Morgan fingerprint density at radius 3 is 2.77 bits per heavy atom. The normalized spacial score (nSPS) is 15.6. The summed E-state index contributed by atoms with van der Waals surface area (Å²) in [6.07, 6.45) is 6.15. The monoisotopic (exact) mass is 320 g/mol. The van der Waals surface area contributed by atoms with E-state index < -0.39 is 0 Å². The molecule has 22 heavy (non-hydrogen) atoms. The zero-order chi connectivity index (χ0) is 15.5. The van der Waals surface area contributed by atoms with Crippen LogP contribution in [0.1, 0.15) is 45.4 Å². The van der Waals surface area contributed by atoms with Crippen molar-refractivity contribution in [2.75, 3.05) is 0 Å². The number of rotatable bonds is 5. The van der Waals surface area contributed by atoms with Crippen LogP contribution in [0.3, 0.4) is 0 Å². The molecule has 1 fully saturated rings. The van der Waals surface area contributed by atoms with Gasteiger partial charge in [0.05, 0.1) is 11.1 Å². The van der Waals surface area contributed by atoms with E-state index in [0.29, 0.717) is 22.5 Å². The van der Waals surface area contributed by atoms with Crippen molar-refractivity contribution in [2.24, 2.45) is 5.92 Å². The zero-order valence-electron chi connectivity index (χ0n) is 13.0. The maximum atomic E-state index is 6.26. The van der Waals surface area contributed by atoms with Crippen LogP contribution in [-0.2, 0) is 6.42 Å². The van der Waals surface area contributed by atoms with Gasteiger partial charge >= 0.3 is 0 Å². The fourth-order valence-corrected chi connectivity index (χ4v) is 3.13. The summed E-state index contributed by atoms with van der Waals surface area (Å²) in [5.41, 5.74) is 0.850. The van der Waals surface area contributed by atoms with E-state index in [1.54, 1.807) is 0 Å². The minimum atomic E-state index is 0.0894. The number of ether oxygens (including phenoxy) is 1. The van der Waals surface area contributed by atoms with Crippen LogP contribution in [0.15, 0.2) is 22.7 Å². The van der Waals surface area contributed by atoms with E-state index in [9.17, 15) is 0 Å². The highest BCUT2D eigenvalue weighted by Gasteiger charge is 2.19. The highest BCUT2D eigenvalue weighted by Crippen LogP contribution is 2.31. The van der Waals surface area contributed by atoms with E-state index in [4.69, 9.17) is 20.9 Å². The topological polar surface area (TPSA) is 48.2 Å². The molecule has 2 aromatic rings. The fraction of sp³-hybridized carbons (Fsp3) is 0.529. The molecule has 0 amide bonds. The molecular formula is C17H21ClN2O2. The van der Waals surface area contributed by atoms with Crippen LogP contribution in [0.4, 0.5) is 0 Å². The summed E-state index contributed by atoms with van der Waals surface area (Å²) in [5.74, 6) is 2.68. The molecular weight excluding hydrogens is 300 g/mol. The van der Waals surface area contributed by atoms with E-state index in [2.05, 4.69) is 10.1 Å². The first-order valence-electron chi connectivity index (χ1n) is 7.91. The molecule has 0 spiro atoms. The molecule has 0 atom stereocenters. The van der Waals surface area contributed by atoms with Crippen molar-refractivity contribution in [3.63, 3.8) is 0 Å². The number of aromatic nitrogens is 2. The van der Waals surface area contributed by atoms with Gasteiger partial charge in [0.25, 0.3) is 0 Å². The molecule has 118 valence electrons. The highest BCUT2D eigenvalue weighted by atomic mass is 35.5. The maximum absolute atomic E-state index is 6.26. The van der Waals surface area contributed by atoms with Crippen LogP contribution in [0.25, 0.3) is 11.4 Å². The Morgan fingerprint density at radius 1 is 1.32 bits per heavy atom. The summed E-state index contributed by atoms with van der Waals surface area (Å²) in [4.78, 5) is 4.50. The first-order valence-corrected chi connectivity index (χ1v) is 8.29. The molecule has 0 N–H and O–H groups in total. The van der Waals surface area contributed by atoms with Gasteiger partial charge in [-0.3, -0.25) is 0 Å². The van der Waals surface area contributed by atoms with E-state index >= 15 is 0 Å². The molecule has 1 aromatic carbocycles. The summed E-state index contributed by atoms with van der Waals surface area (Å²) in [5, 5.41) is 4.64. The van der Waals surface area contributed by atoms with Crippen molar-refractivity contribution < 1.29 is 9.26 Å². The maximum Gasteiger partial charge on any atom is 0.227 e. The number of hydrogen-bond donors (Lipinski definition) is 0. The van der Waals surface area contributed by atoms with Gasteiger partial charge in [-0.25, -0.2) is 0 Å². The molecule has 1 saturated carbocycles. The van der Waals surface area contributed by atoms with Crippen molar-refractivity contribution in [3.8, 4) is 17.1 Å². The summed E-state index contributed by atoms with van der Waals surface area (Å²) in [6, 6.07) is 5.59. The molecule has 0 aliphatic heterocycles. The van der Waals surface area contributed by atoms with Crippen LogP contribution in [0, 0.1) is 5.92 Å². The van der Waals surface area contributed by atoms with Gasteiger partial charge in [0.1, 0.15) is 5.75 Å². The summed E-state index contributed by atoms with van der Waals surface area (Å²) < 4.78 is 11.0. The van der Waals surface area contributed by atoms with Gasteiger partial charge in [-0.2, -0.15) is 4.98 Å². The minimum absolute atomic E-state index is 0.0894. The van der Waals surface area contributed by atoms with Crippen LogP contribution in [-0.4, -0.2) is 16.2 Å². The third-order valence-corrected chi connectivity index (χ3v) is 4.25. The van der Waals surface area contributed by atoms with E-state index in [1.165, 1.54) is 25.7 Å². The quantitative estimate of drug-likeness (QED) is 0.785. The zero-order valence-corrected chi connectivity index (χ0v) is 13.8. The van der Waals surface area contributed by atoms with Crippen molar-refractivity contribution in [1.82, 2.24) is 10.1 Å². The molecule has 0 saturated heterocycles. The van der Waals surface area contributed by atoms with Crippen LogP contribution in [0.5, 0.6) is 5.75 Å². The summed E-state index contributed by atoms with van der Waals surface area (Å²) in [7, 11) is 0. The molecule has 1 aliphatic carbocycles. The van der Waals surface area contributed by atoms with Crippen molar-refractivity contribution >= 4 is 11.6 Å². The lowest BCUT2D eigenvalue weighted by molar-refractivity contribution is 0.242. The van der Waals surface area contributed by atoms with E-state index in [-0.39, 0.29) is 6.10 Å². The highest BCUT2D eigenvalue weighted by molar-refractivity contribution is 6.32. The summed E-state index contributed by atoms with van der Waals surface area (Å²) >= 11 is 6.26. The third kappa shape index (κ3) is 3.61. The van der Waals surface area contributed by atoms with Gasteiger partial charge in [-0.05, 0) is 50.8 Å². The van der Waals surface area contributed by atoms with E-state index in [0.717, 1.165) is 17.9 Å². The van der Waals surface area contributed by atoms with Crippen molar-refractivity contribution in [2.45, 2.75) is 52.1 Å². The number of benzene rings is 1. The molecule has 1 aliphatic rings. The lowest BCUT2D eigenvalue weighted by atomic mass is 10.0. The molecule has 1 aromatic heterocycles. The SMILES string of the molecule is CC(C)Oc1ccc(-c2noc(CC3CCCC3)n2)cc1Cl. The second-order valence-electron chi connectivity index (χ2n) is 6.18. The Hall–Kier alpha value is -1.55. The van der Waals surface area contributed by atoms with E-state index in [1.807, 2.05) is 32.0 Å². The largest absolute Gasteiger partial charge is 0.489 e. The van der Waals surface area contributed by atoms with Gasteiger partial charge < -0.3 is 9.26 Å². The first-order chi connectivity index (χ1) is 10.6. The average molecular weight is 321 g/mol. The number of nitrogens with zero attached hydrogens (tertiary/aromatic N) is 2. The molecule has 0 bridgehead atoms. The van der Waals surface area contributed by atoms with Crippen molar-refractivity contribution in [1.29, 1.82) is 0 Å². The van der Waals surface area contributed by atoms with Crippen LogP contribution < -0.4 is 4.74 Å². The first kappa shape index (κ1) is 15.3. The van der Waals surface area contributed by atoms with Gasteiger partial charge in [-0.15, -0.1) is 0 Å². The molecule has 0 radical (unpaired) electrons. The predicted molar refractivity (Wildman–Crippen MR) is 86.2 cm³/mol. The molecule has 3 rings (SSSR count). The Bertz CT molecular complexity index is 633. The lowest BCUT2D eigenvalue weighted by Gasteiger charge is -2.11. The lowest BCUT2D eigenvalue weighted by Crippen LogP contribution is -2.05.